The van der Waals surface area contributed by atoms with Gasteiger partial charge < -0.3 is 0 Å². The third-order valence-corrected chi connectivity index (χ3v) is 9.51. The predicted octanol–water partition coefficient (Wildman–Crippen LogP) is 3.48. The molecular formula is C26H30N2O4S2. The molecule has 34 heavy (non-hydrogen) atoms. The zero-order chi connectivity index (χ0) is 24.3. The SMILES string of the molecule is Cc1ccc(S(=O)(=O)N2C[C@H](Cc3ccccc3)N(S(C)(=O)=O)C[C@@H]2Cc2ccccc2)cc1. The highest BCUT2D eigenvalue weighted by molar-refractivity contribution is 7.89. The molecule has 0 N–H and O–H groups in total. The Labute approximate surface area is 203 Å². The van der Waals surface area contributed by atoms with Crippen LogP contribution in [0.15, 0.2) is 89.8 Å². The fourth-order valence-corrected chi connectivity index (χ4v) is 7.33. The molecule has 0 bridgehead atoms. The van der Waals surface area contributed by atoms with E-state index in [1.165, 1.54) is 14.9 Å². The molecule has 0 saturated carbocycles. The van der Waals surface area contributed by atoms with Crippen LogP contribution in [0.25, 0.3) is 0 Å². The minimum Gasteiger partial charge on any atom is -0.212 e. The van der Waals surface area contributed by atoms with Crippen LogP contribution < -0.4 is 0 Å². The number of piperazine rings is 1. The number of aryl methyl sites for hydroxylation is 1. The second-order valence-corrected chi connectivity index (χ2v) is 12.7. The summed E-state index contributed by atoms with van der Waals surface area (Å²) < 4.78 is 56.2. The predicted molar refractivity (Wildman–Crippen MR) is 134 cm³/mol. The van der Waals surface area contributed by atoms with Crippen molar-refractivity contribution >= 4 is 20.0 Å². The van der Waals surface area contributed by atoms with Gasteiger partial charge in [0, 0.05) is 25.2 Å². The number of hydrogen-bond donors (Lipinski definition) is 0. The van der Waals surface area contributed by atoms with Gasteiger partial charge in [0.1, 0.15) is 0 Å². The highest BCUT2D eigenvalue weighted by Crippen LogP contribution is 2.29. The van der Waals surface area contributed by atoms with Gasteiger partial charge in [0.15, 0.2) is 0 Å². The van der Waals surface area contributed by atoms with Crippen LogP contribution in [0.5, 0.6) is 0 Å². The van der Waals surface area contributed by atoms with Gasteiger partial charge >= 0.3 is 0 Å². The monoisotopic (exact) mass is 498 g/mol. The first-order chi connectivity index (χ1) is 16.1. The van der Waals surface area contributed by atoms with E-state index in [9.17, 15) is 16.8 Å². The van der Waals surface area contributed by atoms with Crippen LogP contribution in [0.1, 0.15) is 16.7 Å². The number of sulfonamides is 2. The standard InChI is InChI=1S/C26H30N2O4S2/c1-21-13-15-26(16-14-21)34(31,32)28-20-24(17-22-9-5-3-6-10-22)27(33(2,29)30)19-25(28)18-23-11-7-4-8-12-23/h3-16,24-25H,17-20H2,1-2H3/t24-,25-/m0/s1. The van der Waals surface area contributed by atoms with Crippen molar-refractivity contribution in [3.63, 3.8) is 0 Å². The van der Waals surface area contributed by atoms with Crippen molar-refractivity contribution in [3.8, 4) is 0 Å². The molecule has 0 unspecified atom stereocenters. The van der Waals surface area contributed by atoms with E-state index in [0.717, 1.165) is 16.7 Å². The van der Waals surface area contributed by atoms with Gasteiger partial charge in [0.05, 0.1) is 11.2 Å². The summed E-state index contributed by atoms with van der Waals surface area (Å²) in [5.41, 5.74) is 2.91. The molecule has 0 amide bonds. The van der Waals surface area contributed by atoms with Crippen LogP contribution in [-0.2, 0) is 32.9 Å². The molecule has 0 aliphatic carbocycles. The Bertz CT molecular complexity index is 1310. The van der Waals surface area contributed by atoms with E-state index in [-0.39, 0.29) is 18.0 Å². The number of nitrogens with zero attached hydrogens (tertiary/aromatic N) is 2. The van der Waals surface area contributed by atoms with Crippen LogP contribution in [0.4, 0.5) is 0 Å². The summed E-state index contributed by atoms with van der Waals surface area (Å²) in [7, 11) is -7.38. The van der Waals surface area contributed by atoms with Crippen molar-refractivity contribution in [3.05, 3.63) is 102 Å². The maximum Gasteiger partial charge on any atom is 0.243 e. The molecule has 3 aromatic carbocycles. The van der Waals surface area contributed by atoms with Crippen molar-refractivity contribution in [1.29, 1.82) is 0 Å². The Morgan fingerprint density at radius 3 is 1.59 bits per heavy atom. The van der Waals surface area contributed by atoms with E-state index in [1.807, 2.05) is 67.6 Å². The van der Waals surface area contributed by atoms with E-state index in [1.54, 1.807) is 24.3 Å². The molecular weight excluding hydrogens is 468 g/mol. The number of hydrogen-bond acceptors (Lipinski definition) is 4. The fourth-order valence-electron chi connectivity index (χ4n) is 4.55. The number of benzene rings is 3. The summed E-state index contributed by atoms with van der Waals surface area (Å²) in [5, 5.41) is 0. The van der Waals surface area contributed by atoms with Crippen LogP contribution >= 0.6 is 0 Å². The lowest BCUT2D eigenvalue weighted by Gasteiger charge is -2.44. The highest BCUT2D eigenvalue weighted by atomic mass is 32.2. The van der Waals surface area contributed by atoms with Gasteiger partial charge in [0.2, 0.25) is 20.0 Å². The molecule has 1 aliphatic rings. The number of rotatable bonds is 7. The summed E-state index contributed by atoms with van der Waals surface area (Å²) >= 11 is 0. The average Bonchev–Trinajstić information content (AvgIpc) is 2.80. The summed E-state index contributed by atoms with van der Waals surface area (Å²) in [6, 6.07) is 25.0. The third kappa shape index (κ3) is 5.58. The van der Waals surface area contributed by atoms with Crippen molar-refractivity contribution in [2.24, 2.45) is 0 Å². The zero-order valence-electron chi connectivity index (χ0n) is 19.4. The average molecular weight is 499 g/mol. The largest absolute Gasteiger partial charge is 0.243 e. The van der Waals surface area contributed by atoms with Gasteiger partial charge in [-0.1, -0.05) is 78.4 Å². The Hall–Kier alpha value is -2.52. The fraction of sp³-hybridized carbons (Fsp3) is 0.308. The van der Waals surface area contributed by atoms with Gasteiger partial charge in [0.25, 0.3) is 0 Å². The molecule has 180 valence electrons. The lowest BCUT2D eigenvalue weighted by Crippen LogP contribution is -2.62. The van der Waals surface area contributed by atoms with E-state index in [4.69, 9.17) is 0 Å². The maximum absolute atomic E-state index is 13.8. The van der Waals surface area contributed by atoms with Gasteiger partial charge in [-0.25, -0.2) is 16.8 Å². The van der Waals surface area contributed by atoms with Crippen LogP contribution in [0.2, 0.25) is 0 Å². The molecule has 0 radical (unpaired) electrons. The van der Waals surface area contributed by atoms with Gasteiger partial charge in [-0.2, -0.15) is 8.61 Å². The Morgan fingerprint density at radius 2 is 1.12 bits per heavy atom. The molecule has 8 heteroatoms. The summed E-state index contributed by atoms with van der Waals surface area (Å²) in [4.78, 5) is 0.224. The zero-order valence-corrected chi connectivity index (χ0v) is 21.0. The second kappa shape index (κ2) is 10.00. The first kappa shape index (κ1) is 24.6. The van der Waals surface area contributed by atoms with Gasteiger partial charge in [-0.3, -0.25) is 0 Å². The van der Waals surface area contributed by atoms with Gasteiger partial charge in [-0.15, -0.1) is 0 Å². The molecule has 1 heterocycles. The highest BCUT2D eigenvalue weighted by Gasteiger charge is 2.43. The van der Waals surface area contributed by atoms with Crippen molar-refractivity contribution < 1.29 is 16.8 Å². The topological polar surface area (TPSA) is 74.8 Å². The third-order valence-electron chi connectivity index (χ3n) is 6.28. The maximum atomic E-state index is 13.8. The molecule has 1 fully saturated rings. The second-order valence-electron chi connectivity index (χ2n) is 8.91. The Morgan fingerprint density at radius 1 is 0.676 bits per heavy atom. The summed E-state index contributed by atoms with van der Waals surface area (Å²) in [6.07, 6.45) is 2.07. The van der Waals surface area contributed by atoms with Crippen LogP contribution in [0.3, 0.4) is 0 Å². The summed E-state index contributed by atoms with van der Waals surface area (Å²) in [5.74, 6) is 0. The molecule has 1 aliphatic heterocycles. The summed E-state index contributed by atoms with van der Waals surface area (Å²) in [6.45, 7) is 2.11. The van der Waals surface area contributed by atoms with Gasteiger partial charge in [-0.05, 0) is 43.0 Å². The van der Waals surface area contributed by atoms with Crippen molar-refractivity contribution in [2.75, 3.05) is 19.3 Å². The van der Waals surface area contributed by atoms with Crippen LogP contribution in [0, 0.1) is 6.92 Å². The quantitative estimate of drug-likeness (QED) is 0.500. The Kier molecular flexibility index (Phi) is 7.23. The van der Waals surface area contributed by atoms with E-state index < -0.39 is 32.1 Å². The first-order valence-corrected chi connectivity index (χ1v) is 14.6. The van der Waals surface area contributed by atoms with E-state index in [2.05, 4.69) is 0 Å². The van der Waals surface area contributed by atoms with E-state index in [0.29, 0.717) is 12.8 Å². The molecule has 0 aromatic heterocycles. The minimum absolute atomic E-state index is 0.0929. The molecule has 4 rings (SSSR count). The molecule has 0 spiro atoms. The Balaban J connectivity index is 1.74. The molecule has 6 nitrogen and oxygen atoms in total. The minimum atomic E-state index is -3.83. The molecule has 2 atom stereocenters. The van der Waals surface area contributed by atoms with Crippen LogP contribution in [-0.4, -0.2) is 56.9 Å². The molecule has 3 aromatic rings. The smallest absolute Gasteiger partial charge is 0.212 e. The van der Waals surface area contributed by atoms with E-state index >= 15 is 0 Å². The first-order valence-electron chi connectivity index (χ1n) is 11.3. The molecule has 1 saturated heterocycles. The lowest BCUT2D eigenvalue weighted by molar-refractivity contribution is 0.144. The van der Waals surface area contributed by atoms with Crippen molar-refractivity contribution in [2.45, 2.75) is 36.7 Å². The normalized spacial score (nSPS) is 20.3. The van der Waals surface area contributed by atoms with Crippen molar-refractivity contribution in [1.82, 2.24) is 8.61 Å². The lowest BCUT2D eigenvalue weighted by atomic mass is 10.00.